The van der Waals surface area contributed by atoms with Crippen LogP contribution in [0.1, 0.15) is 0 Å². The van der Waals surface area contributed by atoms with E-state index in [1.165, 1.54) is 10.9 Å². The topological polar surface area (TPSA) is 14.2 Å². The van der Waals surface area contributed by atoms with Crippen LogP contribution in [0.25, 0.3) is 16.6 Å². The van der Waals surface area contributed by atoms with Crippen molar-refractivity contribution in [3.05, 3.63) is 59.2 Å². The fraction of sp³-hybridized carbons (Fsp3) is 0.0667. The zero-order valence-electron chi connectivity index (χ0n) is 9.93. The maximum absolute atomic E-state index is 5.25. The van der Waals surface area contributed by atoms with Crippen molar-refractivity contribution in [2.45, 2.75) is 0 Å². The van der Waals surface area contributed by atoms with Gasteiger partial charge in [0.05, 0.1) is 17.1 Å². The van der Waals surface area contributed by atoms with E-state index < -0.39 is 0 Å². The molecular formula is C15H12BrNO. The molecule has 0 spiro atoms. The largest absolute Gasteiger partial charge is 0.496 e. The number of hydrogen-bond donors (Lipinski definition) is 0. The Kier molecular flexibility index (Phi) is 2.84. The van der Waals surface area contributed by atoms with Crippen LogP contribution in [-0.4, -0.2) is 11.7 Å². The van der Waals surface area contributed by atoms with Crippen molar-refractivity contribution >= 4 is 26.8 Å². The van der Waals surface area contributed by atoms with E-state index in [0.717, 1.165) is 15.9 Å². The molecule has 0 fully saturated rings. The molecule has 0 atom stereocenters. The lowest BCUT2D eigenvalue weighted by molar-refractivity contribution is 0.412. The molecule has 0 aliphatic carbocycles. The zero-order chi connectivity index (χ0) is 12.5. The van der Waals surface area contributed by atoms with Gasteiger partial charge in [-0.3, -0.25) is 0 Å². The van der Waals surface area contributed by atoms with Gasteiger partial charge in [0.2, 0.25) is 0 Å². The molecular weight excluding hydrogens is 290 g/mol. The predicted octanol–water partition coefficient (Wildman–Crippen LogP) is 4.40. The first-order valence-electron chi connectivity index (χ1n) is 5.69. The van der Waals surface area contributed by atoms with Crippen molar-refractivity contribution < 1.29 is 4.74 Å². The fourth-order valence-electron chi connectivity index (χ4n) is 2.11. The van der Waals surface area contributed by atoms with Gasteiger partial charge in [-0.1, -0.05) is 18.2 Å². The molecule has 1 aromatic heterocycles. The number of halogens is 1. The highest BCUT2D eigenvalue weighted by Crippen LogP contribution is 2.29. The number of hydrogen-bond acceptors (Lipinski definition) is 1. The Labute approximate surface area is 114 Å². The minimum absolute atomic E-state index is 0.843. The van der Waals surface area contributed by atoms with E-state index in [4.69, 9.17) is 4.74 Å². The average molecular weight is 302 g/mol. The summed E-state index contributed by atoms with van der Waals surface area (Å²) in [7, 11) is 1.67. The standard InChI is InChI=1S/C15H12BrNO/c1-18-15-7-6-12(10-13(15)16)17-9-8-11-4-2-3-5-14(11)17/h2-10H,1H3. The van der Waals surface area contributed by atoms with Crippen LogP contribution >= 0.6 is 15.9 Å². The molecule has 0 unspecified atom stereocenters. The van der Waals surface area contributed by atoms with Gasteiger partial charge in [0.1, 0.15) is 5.75 Å². The minimum atomic E-state index is 0.843. The maximum Gasteiger partial charge on any atom is 0.133 e. The van der Waals surface area contributed by atoms with Gasteiger partial charge in [0, 0.05) is 11.9 Å². The third kappa shape index (κ3) is 1.81. The molecule has 0 aliphatic rings. The summed E-state index contributed by atoms with van der Waals surface area (Å²) in [6, 6.07) is 16.5. The predicted molar refractivity (Wildman–Crippen MR) is 77.5 cm³/mol. The lowest BCUT2D eigenvalue weighted by atomic mass is 10.2. The van der Waals surface area contributed by atoms with Crippen molar-refractivity contribution in [3.8, 4) is 11.4 Å². The van der Waals surface area contributed by atoms with Gasteiger partial charge < -0.3 is 9.30 Å². The molecule has 2 nitrogen and oxygen atoms in total. The summed E-state index contributed by atoms with van der Waals surface area (Å²) in [5.74, 6) is 0.843. The number of ether oxygens (including phenoxy) is 1. The normalized spacial score (nSPS) is 10.8. The molecule has 3 heteroatoms. The summed E-state index contributed by atoms with van der Waals surface area (Å²) in [6.07, 6.45) is 2.08. The van der Waals surface area contributed by atoms with Crippen LogP contribution in [0.2, 0.25) is 0 Å². The van der Waals surface area contributed by atoms with E-state index in [1.54, 1.807) is 7.11 Å². The van der Waals surface area contributed by atoms with Crippen LogP contribution in [0.4, 0.5) is 0 Å². The number of nitrogens with zero attached hydrogens (tertiary/aromatic N) is 1. The smallest absolute Gasteiger partial charge is 0.133 e. The van der Waals surface area contributed by atoms with E-state index in [9.17, 15) is 0 Å². The van der Waals surface area contributed by atoms with Crippen LogP contribution in [0.3, 0.4) is 0 Å². The summed E-state index contributed by atoms with van der Waals surface area (Å²) in [4.78, 5) is 0. The lowest BCUT2D eigenvalue weighted by Gasteiger charge is -2.08. The van der Waals surface area contributed by atoms with Gasteiger partial charge in [0.25, 0.3) is 0 Å². The highest BCUT2D eigenvalue weighted by atomic mass is 79.9. The van der Waals surface area contributed by atoms with Gasteiger partial charge in [-0.05, 0) is 51.6 Å². The second-order valence-corrected chi connectivity index (χ2v) is 4.92. The van der Waals surface area contributed by atoms with E-state index in [2.05, 4.69) is 69.2 Å². The highest BCUT2D eigenvalue weighted by Gasteiger charge is 2.05. The van der Waals surface area contributed by atoms with Gasteiger partial charge in [-0.15, -0.1) is 0 Å². The molecule has 0 bridgehead atoms. The van der Waals surface area contributed by atoms with Crippen molar-refractivity contribution in [1.82, 2.24) is 4.57 Å². The number of fused-ring (bicyclic) bond motifs is 1. The average Bonchev–Trinajstić information content (AvgIpc) is 2.82. The molecule has 2 aromatic carbocycles. The van der Waals surface area contributed by atoms with Crippen LogP contribution in [0, 0.1) is 0 Å². The summed E-state index contributed by atoms with van der Waals surface area (Å²) in [5.41, 5.74) is 2.32. The fourth-order valence-corrected chi connectivity index (χ4v) is 2.64. The molecule has 0 radical (unpaired) electrons. The van der Waals surface area contributed by atoms with Gasteiger partial charge in [-0.2, -0.15) is 0 Å². The lowest BCUT2D eigenvalue weighted by Crippen LogP contribution is -1.93. The van der Waals surface area contributed by atoms with Gasteiger partial charge >= 0.3 is 0 Å². The minimum Gasteiger partial charge on any atom is -0.496 e. The molecule has 0 saturated carbocycles. The number of methoxy groups -OCH3 is 1. The molecule has 0 saturated heterocycles. The van der Waals surface area contributed by atoms with E-state index >= 15 is 0 Å². The molecule has 90 valence electrons. The SMILES string of the molecule is COc1ccc(-n2ccc3ccccc32)cc1Br. The second kappa shape index (κ2) is 4.50. The van der Waals surface area contributed by atoms with E-state index in [1.807, 2.05) is 6.07 Å². The van der Waals surface area contributed by atoms with Crippen LogP contribution in [0.5, 0.6) is 5.75 Å². The Hall–Kier alpha value is -1.74. The first kappa shape index (κ1) is 11.4. The first-order valence-corrected chi connectivity index (χ1v) is 6.49. The number of para-hydroxylation sites is 1. The Morgan fingerprint density at radius 2 is 1.89 bits per heavy atom. The van der Waals surface area contributed by atoms with Crippen molar-refractivity contribution in [3.63, 3.8) is 0 Å². The molecule has 0 aliphatic heterocycles. The Balaban J connectivity index is 2.17. The quantitative estimate of drug-likeness (QED) is 0.684. The van der Waals surface area contributed by atoms with Crippen LogP contribution in [-0.2, 0) is 0 Å². The monoisotopic (exact) mass is 301 g/mol. The van der Waals surface area contributed by atoms with Gasteiger partial charge in [-0.25, -0.2) is 0 Å². The maximum atomic E-state index is 5.25. The molecule has 0 N–H and O–H groups in total. The van der Waals surface area contributed by atoms with Crippen molar-refractivity contribution in [1.29, 1.82) is 0 Å². The molecule has 3 aromatic rings. The number of aromatic nitrogens is 1. The van der Waals surface area contributed by atoms with Crippen molar-refractivity contribution in [2.24, 2.45) is 0 Å². The molecule has 18 heavy (non-hydrogen) atoms. The third-order valence-electron chi connectivity index (χ3n) is 3.01. The Morgan fingerprint density at radius 3 is 2.67 bits per heavy atom. The third-order valence-corrected chi connectivity index (χ3v) is 3.63. The first-order chi connectivity index (χ1) is 8.79. The number of benzene rings is 2. The zero-order valence-corrected chi connectivity index (χ0v) is 11.5. The molecule has 1 heterocycles. The number of rotatable bonds is 2. The summed E-state index contributed by atoms with van der Waals surface area (Å²) >= 11 is 3.52. The summed E-state index contributed by atoms with van der Waals surface area (Å²) in [6.45, 7) is 0. The second-order valence-electron chi connectivity index (χ2n) is 4.06. The Morgan fingerprint density at radius 1 is 1.06 bits per heavy atom. The van der Waals surface area contributed by atoms with Gasteiger partial charge in [0.15, 0.2) is 0 Å². The highest BCUT2D eigenvalue weighted by molar-refractivity contribution is 9.10. The van der Waals surface area contributed by atoms with Crippen LogP contribution in [0.15, 0.2) is 59.2 Å². The van der Waals surface area contributed by atoms with E-state index in [0.29, 0.717) is 0 Å². The summed E-state index contributed by atoms with van der Waals surface area (Å²) < 4.78 is 8.37. The van der Waals surface area contributed by atoms with Crippen LogP contribution < -0.4 is 4.74 Å². The van der Waals surface area contributed by atoms with E-state index in [-0.39, 0.29) is 0 Å². The van der Waals surface area contributed by atoms with Crippen molar-refractivity contribution in [2.75, 3.05) is 7.11 Å². The molecule has 3 rings (SSSR count). The summed E-state index contributed by atoms with van der Waals surface area (Å²) in [5, 5.41) is 1.24. The molecule has 0 amide bonds. The Bertz CT molecular complexity index is 703.